The fourth-order valence-corrected chi connectivity index (χ4v) is 1.87. The summed E-state index contributed by atoms with van der Waals surface area (Å²) in [6.07, 6.45) is 1.20. The zero-order valence-corrected chi connectivity index (χ0v) is 12.2. The van der Waals surface area contributed by atoms with Crippen LogP contribution in [0.25, 0.3) is 0 Å². The monoisotopic (exact) mass is 304 g/mol. The van der Waals surface area contributed by atoms with Gasteiger partial charge in [-0.25, -0.2) is 9.48 Å². The van der Waals surface area contributed by atoms with Crippen molar-refractivity contribution >= 4 is 11.9 Å². The number of ether oxygens (including phenoxy) is 1. The van der Waals surface area contributed by atoms with Crippen LogP contribution in [0, 0.1) is 6.92 Å². The minimum absolute atomic E-state index is 0.103. The normalized spacial score (nSPS) is 10.3. The first-order chi connectivity index (χ1) is 10.5. The fraction of sp³-hybridized carbons (Fsp3) is 0.286. The zero-order chi connectivity index (χ0) is 16.1. The molecule has 0 spiro atoms. The third kappa shape index (κ3) is 3.81. The Kier molecular flexibility index (Phi) is 4.72. The van der Waals surface area contributed by atoms with Gasteiger partial charge in [0.05, 0.1) is 13.3 Å². The molecule has 22 heavy (non-hydrogen) atoms. The number of benzene rings is 1. The lowest BCUT2D eigenvalue weighted by Crippen LogP contribution is -2.27. The van der Waals surface area contributed by atoms with Crippen LogP contribution in [0.4, 0.5) is 0 Å². The van der Waals surface area contributed by atoms with Crippen molar-refractivity contribution in [2.45, 2.75) is 20.0 Å². The van der Waals surface area contributed by atoms with Gasteiger partial charge < -0.3 is 15.2 Å². The summed E-state index contributed by atoms with van der Waals surface area (Å²) >= 11 is 0. The van der Waals surface area contributed by atoms with E-state index in [1.54, 1.807) is 7.11 Å². The topological polar surface area (TPSA) is 106 Å². The Morgan fingerprint density at radius 1 is 1.41 bits per heavy atom. The smallest absolute Gasteiger partial charge is 0.358 e. The minimum atomic E-state index is -1.18. The van der Waals surface area contributed by atoms with E-state index in [4.69, 9.17) is 9.84 Å². The van der Waals surface area contributed by atoms with Crippen LogP contribution in [0.5, 0.6) is 5.75 Å². The van der Waals surface area contributed by atoms with E-state index in [1.807, 2.05) is 25.1 Å². The van der Waals surface area contributed by atoms with Crippen molar-refractivity contribution in [1.29, 1.82) is 0 Å². The van der Waals surface area contributed by atoms with Gasteiger partial charge in [-0.2, -0.15) is 0 Å². The average molecular weight is 304 g/mol. The van der Waals surface area contributed by atoms with Gasteiger partial charge in [0.2, 0.25) is 5.91 Å². The lowest BCUT2D eigenvalue weighted by molar-refractivity contribution is -0.122. The van der Waals surface area contributed by atoms with Crippen LogP contribution in [0.3, 0.4) is 0 Å². The molecular weight excluding hydrogens is 288 g/mol. The third-order valence-corrected chi connectivity index (χ3v) is 2.98. The van der Waals surface area contributed by atoms with Crippen LogP contribution < -0.4 is 10.1 Å². The summed E-state index contributed by atoms with van der Waals surface area (Å²) in [5, 5.41) is 18.5. The molecule has 2 aromatic rings. The summed E-state index contributed by atoms with van der Waals surface area (Å²) in [5.41, 5.74) is 1.72. The van der Waals surface area contributed by atoms with Crippen molar-refractivity contribution in [3.63, 3.8) is 0 Å². The first-order valence-corrected chi connectivity index (χ1v) is 6.53. The molecule has 1 aromatic heterocycles. The fourth-order valence-electron chi connectivity index (χ4n) is 1.87. The molecule has 0 atom stereocenters. The number of rotatable bonds is 6. The Bertz CT molecular complexity index is 696. The van der Waals surface area contributed by atoms with Gasteiger partial charge in [-0.1, -0.05) is 17.3 Å². The maximum absolute atomic E-state index is 11.8. The Balaban J connectivity index is 1.93. The second-order valence-electron chi connectivity index (χ2n) is 4.70. The predicted octanol–water partition coefficient (Wildman–Crippen LogP) is 0.610. The first-order valence-electron chi connectivity index (χ1n) is 6.53. The minimum Gasteiger partial charge on any atom is -0.496 e. The van der Waals surface area contributed by atoms with E-state index in [-0.39, 0.29) is 18.1 Å². The van der Waals surface area contributed by atoms with Gasteiger partial charge in [0.1, 0.15) is 12.3 Å². The highest BCUT2D eigenvalue weighted by Crippen LogP contribution is 2.19. The van der Waals surface area contributed by atoms with Gasteiger partial charge in [0.25, 0.3) is 0 Å². The number of hydrogen-bond acceptors (Lipinski definition) is 5. The molecule has 0 unspecified atom stereocenters. The number of aryl methyl sites for hydroxylation is 1. The molecule has 0 saturated carbocycles. The van der Waals surface area contributed by atoms with Gasteiger partial charge in [-0.15, -0.1) is 5.10 Å². The number of aromatic nitrogens is 3. The molecule has 0 radical (unpaired) electrons. The largest absolute Gasteiger partial charge is 0.496 e. The molecule has 0 aliphatic carbocycles. The summed E-state index contributed by atoms with van der Waals surface area (Å²) in [5.74, 6) is -0.783. The molecule has 0 bridgehead atoms. The van der Waals surface area contributed by atoms with Crippen molar-refractivity contribution in [2.24, 2.45) is 0 Å². The van der Waals surface area contributed by atoms with E-state index in [2.05, 4.69) is 15.6 Å². The molecule has 1 amide bonds. The second kappa shape index (κ2) is 6.70. The van der Waals surface area contributed by atoms with Crippen LogP contribution in [-0.4, -0.2) is 39.1 Å². The van der Waals surface area contributed by atoms with Crippen LogP contribution in [-0.2, 0) is 17.9 Å². The van der Waals surface area contributed by atoms with Crippen molar-refractivity contribution < 1.29 is 19.4 Å². The molecule has 8 heteroatoms. The Labute approximate surface area is 126 Å². The van der Waals surface area contributed by atoms with E-state index in [0.29, 0.717) is 12.3 Å². The van der Waals surface area contributed by atoms with Gasteiger partial charge in [-0.3, -0.25) is 4.79 Å². The van der Waals surface area contributed by atoms with E-state index in [0.717, 1.165) is 11.1 Å². The average Bonchev–Trinajstić information content (AvgIpc) is 2.94. The number of hydrogen-bond donors (Lipinski definition) is 2. The van der Waals surface area contributed by atoms with Gasteiger partial charge in [0, 0.05) is 12.1 Å². The second-order valence-corrected chi connectivity index (χ2v) is 4.70. The van der Waals surface area contributed by atoms with Crippen LogP contribution >= 0.6 is 0 Å². The molecular formula is C14H16N4O4. The highest BCUT2D eigenvalue weighted by atomic mass is 16.5. The van der Waals surface area contributed by atoms with E-state index >= 15 is 0 Å². The lowest BCUT2D eigenvalue weighted by atomic mass is 10.1. The summed E-state index contributed by atoms with van der Waals surface area (Å²) in [6.45, 7) is 2.16. The Morgan fingerprint density at radius 2 is 2.18 bits per heavy atom. The maximum atomic E-state index is 11.8. The van der Waals surface area contributed by atoms with Gasteiger partial charge in [0.15, 0.2) is 5.69 Å². The molecule has 0 aliphatic rings. The highest BCUT2D eigenvalue weighted by Gasteiger charge is 2.11. The van der Waals surface area contributed by atoms with Gasteiger partial charge in [-0.05, 0) is 18.6 Å². The number of aromatic carboxylic acids is 1. The number of carbonyl (C=O) groups is 2. The highest BCUT2D eigenvalue weighted by molar-refractivity contribution is 5.84. The molecule has 2 rings (SSSR count). The molecule has 0 aliphatic heterocycles. The Hall–Kier alpha value is -2.90. The molecule has 0 saturated heterocycles. The number of methoxy groups -OCH3 is 1. The summed E-state index contributed by atoms with van der Waals surface area (Å²) in [6, 6.07) is 5.70. The first kappa shape index (κ1) is 15.5. The number of carboxylic acid groups (broad SMARTS) is 1. The van der Waals surface area contributed by atoms with Gasteiger partial charge >= 0.3 is 5.97 Å². The predicted molar refractivity (Wildman–Crippen MR) is 76.6 cm³/mol. The van der Waals surface area contributed by atoms with Crippen LogP contribution in [0.2, 0.25) is 0 Å². The van der Waals surface area contributed by atoms with Crippen LogP contribution in [0.15, 0.2) is 24.4 Å². The summed E-state index contributed by atoms with van der Waals surface area (Å²) < 4.78 is 6.43. The number of nitrogens with one attached hydrogen (secondary N) is 1. The third-order valence-electron chi connectivity index (χ3n) is 2.98. The lowest BCUT2D eigenvalue weighted by Gasteiger charge is -2.10. The number of carbonyl (C=O) groups excluding carboxylic acids is 1. The quantitative estimate of drug-likeness (QED) is 0.810. The standard InChI is InChI=1S/C14H16N4O4/c1-9-3-4-10(12(5-9)22-2)6-15-13(19)8-18-7-11(14(20)21)16-17-18/h3-5,7H,6,8H2,1-2H3,(H,15,19)(H,20,21). The number of carboxylic acids is 1. The zero-order valence-electron chi connectivity index (χ0n) is 12.2. The van der Waals surface area contributed by atoms with Crippen molar-refractivity contribution in [1.82, 2.24) is 20.3 Å². The van der Waals surface area contributed by atoms with E-state index in [1.165, 1.54) is 10.9 Å². The van der Waals surface area contributed by atoms with E-state index in [9.17, 15) is 9.59 Å². The van der Waals surface area contributed by atoms with E-state index < -0.39 is 5.97 Å². The molecule has 1 heterocycles. The molecule has 0 fully saturated rings. The molecule has 116 valence electrons. The maximum Gasteiger partial charge on any atom is 0.358 e. The SMILES string of the molecule is COc1cc(C)ccc1CNC(=O)Cn1cc(C(=O)O)nn1. The number of nitrogens with zero attached hydrogens (tertiary/aromatic N) is 3. The molecule has 2 N–H and O–H groups in total. The summed E-state index contributed by atoms with van der Waals surface area (Å²) in [4.78, 5) is 22.5. The number of amides is 1. The summed E-state index contributed by atoms with van der Waals surface area (Å²) in [7, 11) is 1.57. The van der Waals surface area contributed by atoms with Crippen LogP contribution in [0.1, 0.15) is 21.6 Å². The van der Waals surface area contributed by atoms with Crippen molar-refractivity contribution in [2.75, 3.05) is 7.11 Å². The molecule has 8 nitrogen and oxygen atoms in total. The Morgan fingerprint density at radius 3 is 2.82 bits per heavy atom. The van der Waals surface area contributed by atoms with Crippen molar-refractivity contribution in [3.05, 3.63) is 41.2 Å². The molecule has 1 aromatic carbocycles. The van der Waals surface area contributed by atoms with Crippen molar-refractivity contribution in [3.8, 4) is 5.75 Å².